The van der Waals surface area contributed by atoms with Crippen LogP contribution in [0, 0.1) is 5.82 Å². The van der Waals surface area contributed by atoms with Crippen molar-refractivity contribution < 1.29 is 23.8 Å². The molecule has 0 aliphatic carbocycles. The van der Waals surface area contributed by atoms with Gasteiger partial charge in [0, 0.05) is 33.8 Å². The molecule has 41 heavy (non-hydrogen) atoms. The van der Waals surface area contributed by atoms with E-state index >= 15 is 0 Å². The van der Waals surface area contributed by atoms with Crippen molar-refractivity contribution in [1.29, 1.82) is 0 Å². The second-order valence-electron chi connectivity index (χ2n) is 9.54. The van der Waals surface area contributed by atoms with E-state index in [2.05, 4.69) is 15.3 Å². The van der Waals surface area contributed by atoms with Gasteiger partial charge in [0.25, 0.3) is 5.91 Å². The number of carboxylic acid groups (broad SMARTS) is 1. The molecule has 4 aromatic carbocycles. The molecule has 0 bridgehead atoms. The van der Waals surface area contributed by atoms with Crippen LogP contribution in [0.4, 0.5) is 4.39 Å². The van der Waals surface area contributed by atoms with Gasteiger partial charge in [-0.3, -0.25) is 4.79 Å². The van der Waals surface area contributed by atoms with Crippen LogP contribution < -0.4 is 10.1 Å². The van der Waals surface area contributed by atoms with Crippen molar-refractivity contribution in [2.24, 2.45) is 0 Å². The minimum atomic E-state index is -1.22. The average Bonchev–Trinajstić information content (AvgIpc) is 3.39. The summed E-state index contributed by atoms with van der Waals surface area (Å²) in [4.78, 5) is 33.4. The van der Waals surface area contributed by atoms with Gasteiger partial charge in [0.05, 0.1) is 29.7 Å². The molecule has 5 aromatic rings. The van der Waals surface area contributed by atoms with Gasteiger partial charge in [0.1, 0.15) is 5.82 Å². The van der Waals surface area contributed by atoms with Crippen molar-refractivity contribution in [3.8, 4) is 28.3 Å². The van der Waals surface area contributed by atoms with Gasteiger partial charge in [-0.25, -0.2) is 14.2 Å². The number of fused-ring (bicyclic) bond motifs is 1. The van der Waals surface area contributed by atoms with Crippen molar-refractivity contribution in [3.05, 3.63) is 106 Å². The van der Waals surface area contributed by atoms with Crippen LogP contribution in [-0.4, -0.2) is 34.1 Å². The van der Waals surface area contributed by atoms with Gasteiger partial charge in [0.2, 0.25) is 0 Å². The van der Waals surface area contributed by atoms with Gasteiger partial charge in [-0.15, -0.1) is 0 Å². The summed E-state index contributed by atoms with van der Waals surface area (Å²) in [7, 11) is 1.37. The zero-order valence-electron chi connectivity index (χ0n) is 22.4. The van der Waals surface area contributed by atoms with Crippen LogP contribution in [0.1, 0.15) is 52.1 Å². The fraction of sp³-hybridized carbons (Fsp3) is 0.156. The van der Waals surface area contributed by atoms with E-state index in [0.29, 0.717) is 38.6 Å². The van der Waals surface area contributed by atoms with Crippen LogP contribution in [0.25, 0.3) is 33.5 Å². The largest absolute Gasteiger partial charge is 0.494 e. The van der Waals surface area contributed by atoms with Crippen LogP contribution in [-0.2, 0) is 0 Å². The highest BCUT2D eigenvalue weighted by Crippen LogP contribution is 2.39. The number of aromatic carboxylic acids is 1. The van der Waals surface area contributed by atoms with Crippen LogP contribution in [0.15, 0.2) is 78.9 Å². The number of imidazole rings is 1. The average molecular weight is 572 g/mol. The lowest BCUT2D eigenvalue weighted by Crippen LogP contribution is -2.28. The number of carboxylic acids is 1. The zero-order valence-corrected chi connectivity index (χ0v) is 23.1. The number of hydrogen-bond acceptors (Lipinski definition) is 4. The Balaban J connectivity index is 1.56. The molecular weight excluding hydrogens is 545 g/mol. The van der Waals surface area contributed by atoms with E-state index in [1.165, 1.54) is 25.3 Å². The predicted octanol–water partition coefficient (Wildman–Crippen LogP) is 7.67. The Kier molecular flexibility index (Phi) is 8.03. The van der Waals surface area contributed by atoms with E-state index in [-0.39, 0.29) is 28.8 Å². The summed E-state index contributed by atoms with van der Waals surface area (Å²) in [6.45, 7) is 2.04. The molecule has 208 valence electrons. The fourth-order valence-electron chi connectivity index (χ4n) is 4.91. The molecule has 0 radical (unpaired) electrons. The molecule has 0 spiro atoms. The molecule has 0 saturated heterocycles. The molecule has 9 heteroatoms. The van der Waals surface area contributed by atoms with E-state index in [9.17, 15) is 19.1 Å². The molecule has 5 rings (SSSR count). The van der Waals surface area contributed by atoms with Crippen molar-refractivity contribution in [3.63, 3.8) is 0 Å². The summed E-state index contributed by atoms with van der Waals surface area (Å²) in [6.07, 6.45) is 1.59. The number of carbonyl (C=O) groups excluding carboxylic acids is 1. The maximum absolute atomic E-state index is 14.3. The quantitative estimate of drug-likeness (QED) is 0.168. The summed E-state index contributed by atoms with van der Waals surface area (Å²) >= 11 is 6.64. The van der Waals surface area contributed by atoms with Crippen LogP contribution >= 0.6 is 11.6 Å². The molecule has 0 saturated carbocycles. The number of carbonyl (C=O) groups is 2. The van der Waals surface area contributed by atoms with E-state index in [1.54, 1.807) is 30.3 Å². The number of aromatic amines is 1. The Labute approximate surface area is 241 Å². The Bertz CT molecular complexity index is 1750. The van der Waals surface area contributed by atoms with Gasteiger partial charge in [-0.2, -0.15) is 0 Å². The number of rotatable bonds is 9. The number of nitrogens with one attached hydrogen (secondary N) is 2. The molecule has 1 atom stereocenters. The number of amides is 1. The number of aromatic nitrogens is 2. The normalized spacial score (nSPS) is 11.8. The molecule has 0 unspecified atom stereocenters. The van der Waals surface area contributed by atoms with E-state index < -0.39 is 11.8 Å². The molecule has 0 aliphatic heterocycles. The number of ether oxygens (including phenoxy) is 1. The summed E-state index contributed by atoms with van der Waals surface area (Å²) < 4.78 is 19.4. The molecule has 0 fully saturated rings. The Morgan fingerprint density at radius 3 is 2.54 bits per heavy atom. The maximum Gasteiger partial charge on any atom is 0.336 e. The minimum absolute atomic E-state index is 0.0531. The monoisotopic (exact) mass is 571 g/mol. The third kappa shape index (κ3) is 5.64. The number of nitrogens with zero attached hydrogens (tertiary/aromatic N) is 1. The Hall–Kier alpha value is -4.69. The van der Waals surface area contributed by atoms with Gasteiger partial charge in [0.15, 0.2) is 11.6 Å². The molecule has 0 aliphatic rings. The number of methoxy groups -OCH3 is 1. The summed E-state index contributed by atoms with van der Waals surface area (Å²) in [6, 6.07) is 21.8. The first kappa shape index (κ1) is 27.9. The van der Waals surface area contributed by atoms with E-state index in [0.717, 1.165) is 18.4 Å². The molecule has 1 heterocycles. The van der Waals surface area contributed by atoms with E-state index in [1.807, 2.05) is 37.3 Å². The van der Waals surface area contributed by atoms with Crippen LogP contribution in [0.3, 0.4) is 0 Å². The van der Waals surface area contributed by atoms with Crippen molar-refractivity contribution in [1.82, 2.24) is 15.3 Å². The van der Waals surface area contributed by atoms with Crippen molar-refractivity contribution in [2.45, 2.75) is 25.8 Å². The Morgan fingerprint density at radius 2 is 1.83 bits per heavy atom. The minimum Gasteiger partial charge on any atom is -0.494 e. The number of H-pyrrole nitrogens is 1. The van der Waals surface area contributed by atoms with Gasteiger partial charge in [-0.05, 0) is 35.7 Å². The maximum atomic E-state index is 14.3. The summed E-state index contributed by atoms with van der Waals surface area (Å²) in [5.41, 5.74) is 3.24. The second-order valence-corrected chi connectivity index (χ2v) is 9.95. The van der Waals surface area contributed by atoms with Crippen LogP contribution in [0.2, 0.25) is 5.02 Å². The summed E-state index contributed by atoms with van der Waals surface area (Å²) in [5, 5.41) is 13.5. The highest BCUT2D eigenvalue weighted by Gasteiger charge is 2.23. The van der Waals surface area contributed by atoms with Gasteiger partial charge < -0.3 is 20.1 Å². The molecule has 1 amide bonds. The first-order chi connectivity index (χ1) is 19.8. The van der Waals surface area contributed by atoms with E-state index in [4.69, 9.17) is 16.3 Å². The number of benzene rings is 4. The smallest absolute Gasteiger partial charge is 0.336 e. The van der Waals surface area contributed by atoms with Crippen LogP contribution in [0.5, 0.6) is 5.75 Å². The van der Waals surface area contributed by atoms with Crippen molar-refractivity contribution in [2.75, 3.05) is 7.11 Å². The van der Waals surface area contributed by atoms with Crippen molar-refractivity contribution >= 4 is 34.5 Å². The predicted molar refractivity (Wildman–Crippen MR) is 157 cm³/mol. The zero-order chi connectivity index (χ0) is 29.1. The first-order valence-electron chi connectivity index (χ1n) is 13.1. The first-order valence-corrected chi connectivity index (χ1v) is 13.4. The lowest BCUT2D eigenvalue weighted by molar-refractivity contribution is 0.0697. The third-order valence-electron chi connectivity index (χ3n) is 6.89. The lowest BCUT2D eigenvalue weighted by atomic mass is 9.93. The Morgan fingerprint density at radius 1 is 1.05 bits per heavy atom. The van der Waals surface area contributed by atoms with Gasteiger partial charge in [-0.1, -0.05) is 73.5 Å². The number of halogens is 2. The van der Waals surface area contributed by atoms with Gasteiger partial charge >= 0.3 is 5.97 Å². The third-order valence-corrected chi connectivity index (χ3v) is 7.21. The second kappa shape index (κ2) is 11.8. The fourth-order valence-corrected chi connectivity index (χ4v) is 5.18. The topological polar surface area (TPSA) is 104 Å². The SMILES string of the molecule is CCC[C@@H](NC(=O)c1ccc(-c2c(Cl)cccc2-c2nc3cc(OC)c(F)cc3[nH]2)c(C(=O)O)c1)c1ccccc1. The molecule has 7 nitrogen and oxygen atoms in total. The molecule has 1 aromatic heterocycles. The lowest BCUT2D eigenvalue weighted by Gasteiger charge is -2.19. The number of hydrogen-bond donors (Lipinski definition) is 3. The standard InChI is InChI=1S/C32H27ClFN3O4/c1-3-8-25(18-9-5-4-6-10-18)37-31(38)19-13-14-20(22(15-19)32(39)40)29-21(11-7-12-23(29)33)30-35-26-16-24(34)28(41-2)17-27(26)36-30/h4-7,9-17,25H,3,8H2,1-2H3,(H,35,36)(H,37,38)(H,39,40)/t25-/m1/s1. The highest BCUT2D eigenvalue weighted by atomic mass is 35.5. The molecule has 3 N–H and O–H groups in total. The molecular formula is C32H27ClFN3O4. The summed E-state index contributed by atoms with van der Waals surface area (Å²) in [5.74, 6) is -1.72. The highest BCUT2D eigenvalue weighted by molar-refractivity contribution is 6.34.